The maximum atomic E-state index is 13.3. The Morgan fingerprint density at radius 1 is 1.38 bits per heavy atom. The van der Waals surface area contributed by atoms with E-state index < -0.39 is 28.9 Å². The fraction of sp³-hybridized carbons (Fsp3) is 0.357. The summed E-state index contributed by atoms with van der Waals surface area (Å²) in [4.78, 5) is 13.8. The van der Waals surface area contributed by atoms with Gasteiger partial charge in [0.2, 0.25) is 5.60 Å². The molecule has 2 N–H and O–H groups in total. The van der Waals surface area contributed by atoms with E-state index in [2.05, 4.69) is 10.3 Å². The molecule has 1 heterocycles. The summed E-state index contributed by atoms with van der Waals surface area (Å²) in [5.41, 5.74) is -3.35. The number of aromatic nitrogens is 2. The molecule has 0 fully saturated rings. The van der Waals surface area contributed by atoms with Crippen LogP contribution in [0.15, 0.2) is 36.7 Å². The van der Waals surface area contributed by atoms with E-state index in [9.17, 15) is 28.4 Å². The van der Waals surface area contributed by atoms with Crippen LogP contribution in [0.4, 0.5) is 24.5 Å². The Morgan fingerprint density at radius 2 is 2.04 bits per heavy atom. The van der Waals surface area contributed by atoms with Gasteiger partial charge in [0.1, 0.15) is 11.5 Å². The highest BCUT2D eigenvalue weighted by Crippen LogP contribution is 2.40. The molecule has 130 valence electrons. The second-order valence-electron chi connectivity index (χ2n) is 5.17. The van der Waals surface area contributed by atoms with E-state index in [0.29, 0.717) is 0 Å². The number of hydrogen-bond donors (Lipinski definition) is 2. The van der Waals surface area contributed by atoms with Crippen LogP contribution in [0, 0.1) is 10.1 Å². The zero-order valence-corrected chi connectivity index (χ0v) is 12.6. The number of nitro groups is 1. The number of nitro benzene ring substituents is 1. The lowest BCUT2D eigenvalue weighted by Gasteiger charge is -2.30. The highest BCUT2D eigenvalue weighted by molar-refractivity contribution is 5.61. The molecule has 1 aromatic carbocycles. The van der Waals surface area contributed by atoms with Gasteiger partial charge in [-0.15, -0.1) is 0 Å². The van der Waals surface area contributed by atoms with E-state index in [-0.39, 0.29) is 17.9 Å². The molecule has 1 atom stereocenters. The van der Waals surface area contributed by atoms with Crippen LogP contribution in [0.5, 0.6) is 0 Å². The fourth-order valence-electron chi connectivity index (χ4n) is 2.30. The predicted octanol–water partition coefficient (Wildman–Crippen LogP) is 2.58. The third-order valence-corrected chi connectivity index (χ3v) is 3.56. The first-order chi connectivity index (χ1) is 11.2. The molecule has 0 radical (unpaired) electrons. The molecule has 0 unspecified atom stereocenters. The number of aryl methyl sites for hydroxylation is 1. The summed E-state index contributed by atoms with van der Waals surface area (Å²) >= 11 is 0. The highest BCUT2D eigenvalue weighted by Gasteiger charge is 2.57. The van der Waals surface area contributed by atoms with Crippen molar-refractivity contribution in [2.24, 2.45) is 7.05 Å². The minimum Gasteiger partial charge on any atom is -0.379 e. The smallest absolute Gasteiger partial charge is 0.379 e. The lowest BCUT2D eigenvalue weighted by molar-refractivity contribution is -0.384. The molecule has 2 rings (SSSR count). The first-order valence-electron chi connectivity index (χ1n) is 6.91. The number of nitrogens with zero attached hydrogens (tertiary/aromatic N) is 3. The lowest BCUT2D eigenvalue weighted by Crippen LogP contribution is -2.45. The van der Waals surface area contributed by atoms with Gasteiger partial charge in [-0.3, -0.25) is 10.1 Å². The van der Waals surface area contributed by atoms with E-state index in [4.69, 9.17) is 0 Å². The third kappa shape index (κ3) is 3.32. The number of halogens is 3. The van der Waals surface area contributed by atoms with Crippen molar-refractivity contribution in [1.29, 1.82) is 0 Å². The summed E-state index contributed by atoms with van der Waals surface area (Å²) < 4.78 is 41.1. The highest BCUT2D eigenvalue weighted by atomic mass is 19.4. The normalized spacial score (nSPS) is 14.2. The van der Waals surface area contributed by atoms with Gasteiger partial charge in [0, 0.05) is 38.5 Å². The van der Waals surface area contributed by atoms with Gasteiger partial charge < -0.3 is 15.0 Å². The Labute approximate surface area is 134 Å². The maximum Gasteiger partial charge on any atom is 0.424 e. The van der Waals surface area contributed by atoms with E-state index >= 15 is 0 Å². The summed E-state index contributed by atoms with van der Waals surface area (Å²) in [7, 11) is 1.34. The number of aliphatic hydroxyl groups is 1. The van der Waals surface area contributed by atoms with Gasteiger partial charge in [-0.2, -0.15) is 13.2 Å². The molecule has 0 amide bonds. The van der Waals surface area contributed by atoms with Gasteiger partial charge in [0.05, 0.1) is 4.92 Å². The van der Waals surface area contributed by atoms with Gasteiger partial charge >= 0.3 is 6.18 Å². The lowest BCUT2D eigenvalue weighted by atomic mass is 9.97. The van der Waals surface area contributed by atoms with Crippen molar-refractivity contribution in [3.63, 3.8) is 0 Å². The molecule has 0 bridgehead atoms. The van der Waals surface area contributed by atoms with Crippen molar-refractivity contribution >= 4 is 11.4 Å². The monoisotopic (exact) mass is 344 g/mol. The number of para-hydroxylation sites is 2. The largest absolute Gasteiger partial charge is 0.424 e. The number of nitrogens with one attached hydrogen (secondary N) is 1. The van der Waals surface area contributed by atoms with Gasteiger partial charge in [-0.25, -0.2) is 4.98 Å². The molecule has 0 aliphatic rings. The Hall–Kier alpha value is -2.62. The van der Waals surface area contributed by atoms with Crippen molar-refractivity contribution in [3.8, 4) is 0 Å². The first kappa shape index (κ1) is 17.7. The SMILES string of the molecule is Cn1ccnc1[C@](O)(CCNc1ccccc1[N+](=O)[O-])C(F)(F)F. The van der Waals surface area contributed by atoms with Crippen molar-refractivity contribution in [2.75, 3.05) is 11.9 Å². The Morgan fingerprint density at radius 3 is 2.58 bits per heavy atom. The van der Waals surface area contributed by atoms with E-state index in [0.717, 1.165) is 10.8 Å². The zero-order chi connectivity index (χ0) is 18.0. The second kappa shape index (κ2) is 6.48. The molecule has 0 aliphatic heterocycles. The zero-order valence-electron chi connectivity index (χ0n) is 12.6. The van der Waals surface area contributed by atoms with Crippen LogP contribution in [0.25, 0.3) is 0 Å². The number of imidazole rings is 1. The average Bonchev–Trinajstić information content (AvgIpc) is 2.93. The second-order valence-corrected chi connectivity index (χ2v) is 5.17. The minimum absolute atomic E-state index is 0.0758. The topological polar surface area (TPSA) is 93.2 Å². The number of hydrogen-bond acceptors (Lipinski definition) is 5. The number of rotatable bonds is 6. The fourth-order valence-corrected chi connectivity index (χ4v) is 2.30. The van der Waals surface area contributed by atoms with E-state index in [1.165, 1.54) is 37.5 Å². The average molecular weight is 344 g/mol. The molecule has 1 aromatic heterocycles. The molecule has 0 saturated heterocycles. The number of benzene rings is 1. The van der Waals surface area contributed by atoms with E-state index in [1.54, 1.807) is 0 Å². The molecule has 24 heavy (non-hydrogen) atoms. The molecular formula is C14H15F3N4O3. The van der Waals surface area contributed by atoms with Gasteiger partial charge in [-0.05, 0) is 6.07 Å². The summed E-state index contributed by atoms with van der Waals surface area (Å²) in [5, 5.41) is 23.6. The van der Waals surface area contributed by atoms with Crippen LogP contribution in [0.1, 0.15) is 12.2 Å². The Bertz CT molecular complexity index is 732. The van der Waals surface area contributed by atoms with Gasteiger partial charge in [0.15, 0.2) is 0 Å². The van der Waals surface area contributed by atoms with Crippen LogP contribution < -0.4 is 5.32 Å². The Kier molecular flexibility index (Phi) is 4.78. The molecule has 7 nitrogen and oxygen atoms in total. The maximum absolute atomic E-state index is 13.3. The summed E-state index contributed by atoms with van der Waals surface area (Å²) in [6.45, 7) is -0.340. The van der Waals surface area contributed by atoms with Crippen LogP contribution >= 0.6 is 0 Å². The summed E-state index contributed by atoms with van der Waals surface area (Å²) in [6, 6.07) is 5.58. The summed E-state index contributed by atoms with van der Waals surface area (Å²) in [6.07, 6.45) is -3.26. The van der Waals surface area contributed by atoms with Crippen molar-refractivity contribution in [3.05, 3.63) is 52.6 Å². The van der Waals surface area contributed by atoms with Crippen LogP contribution in [0.3, 0.4) is 0 Å². The van der Waals surface area contributed by atoms with Crippen molar-refractivity contribution in [2.45, 2.75) is 18.2 Å². The van der Waals surface area contributed by atoms with Crippen LogP contribution in [0.2, 0.25) is 0 Å². The predicted molar refractivity (Wildman–Crippen MR) is 79.4 cm³/mol. The molecule has 10 heteroatoms. The number of alkyl halides is 3. The van der Waals surface area contributed by atoms with Gasteiger partial charge in [0.25, 0.3) is 5.69 Å². The standard InChI is InChI=1S/C14H15F3N4O3/c1-20-9-8-19-12(20)13(22,14(15,16)17)6-7-18-10-4-2-3-5-11(10)21(23)24/h2-5,8-9,18,22H,6-7H2,1H3/t13-/m1/s1. The molecule has 0 aliphatic carbocycles. The van der Waals surface area contributed by atoms with Crippen molar-refractivity contribution in [1.82, 2.24) is 9.55 Å². The van der Waals surface area contributed by atoms with Crippen LogP contribution in [-0.2, 0) is 12.6 Å². The number of anilines is 1. The van der Waals surface area contributed by atoms with Crippen molar-refractivity contribution < 1.29 is 23.2 Å². The Balaban J connectivity index is 2.19. The van der Waals surface area contributed by atoms with Gasteiger partial charge in [-0.1, -0.05) is 12.1 Å². The molecule has 2 aromatic rings. The first-order valence-corrected chi connectivity index (χ1v) is 6.91. The third-order valence-electron chi connectivity index (χ3n) is 3.56. The quantitative estimate of drug-likeness (QED) is 0.621. The van der Waals surface area contributed by atoms with E-state index in [1.807, 2.05) is 0 Å². The molecular weight excluding hydrogens is 329 g/mol. The molecule has 0 spiro atoms. The van der Waals surface area contributed by atoms with Crippen LogP contribution in [-0.4, -0.2) is 32.3 Å². The molecule has 0 saturated carbocycles. The summed E-state index contributed by atoms with van der Waals surface area (Å²) in [5.74, 6) is -0.542. The minimum atomic E-state index is -4.95.